The summed E-state index contributed by atoms with van der Waals surface area (Å²) in [4.78, 5) is 27.7. The number of benzene rings is 1. The van der Waals surface area contributed by atoms with E-state index in [0.717, 1.165) is 21.6 Å². The average molecular weight is 315 g/mol. The van der Waals surface area contributed by atoms with E-state index in [1.165, 1.54) is 16.2 Å². The second-order valence-electron chi connectivity index (χ2n) is 5.54. The predicted octanol–water partition coefficient (Wildman–Crippen LogP) is 3.19. The number of carboxylic acid groups (broad SMARTS) is 1. The molecule has 114 valence electrons. The molecule has 1 aromatic heterocycles. The van der Waals surface area contributed by atoms with Crippen LogP contribution in [-0.4, -0.2) is 28.4 Å². The van der Waals surface area contributed by atoms with Gasteiger partial charge in [0.1, 0.15) is 0 Å². The van der Waals surface area contributed by atoms with Crippen molar-refractivity contribution in [2.24, 2.45) is 0 Å². The standard InChI is InChI=1S/C17H17NO3S/c1-10-9-14(22-11(10)2)16(19)18-8-7-12-5-3-4-6-13(12)15(18)17(20)21/h3-6,9,15H,7-8H2,1-2H3,(H,20,21). The van der Waals surface area contributed by atoms with E-state index in [2.05, 4.69) is 0 Å². The van der Waals surface area contributed by atoms with Crippen molar-refractivity contribution in [2.45, 2.75) is 26.3 Å². The molecule has 1 atom stereocenters. The third-order valence-electron chi connectivity index (χ3n) is 4.15. The van der Waals surface area contributed by atoms with Gasteiger partial charge in [-0.25, -0.2) is 4.79 Å². The highest BCUT2D eigenvalue weighted by Crippen LogP contribution is 2.32. The van der Waals surface area contributed by atoms with E-state index >= 15 is 0 Å². The highest BCUT2D eigenvalue weighted by atomic mass is 32.1. The Morgan fingerprint density at radius 2 is 2.00 bits per heavy atom. The molecule has 0 saturated carbocycles. The van der Waals surface area contributed by atoms with Gasteiger partial charge in [-0.05, 0) is 43.0 Å². The third kappa shape index (κ3) is 2.41. The first kappa shape index (κ1) is 14.8. The lowest BCUT2D eigenvalue weighted by Crippen LogP contribution is -2.43. The van der Waals surface area contributed by atoms with Crippen LogP contribution in [0.5, 0.6) is 0 Å². The summed E-state index contributed by atoms with van der Waals surface area (Å²) < 4.78 is 0. The fraction of sp³-hybridized carbons (Fsp3) is 0.294. The molecule has 1 aliphatic rings. The van der Waals surface area contributed by atoms with Gasteiger partial charge < -0.3 is 10.0 Å². The van der Waals surface area contributed by atoms with Crippen LogP contribution in [-0.2, 0) is 11.2 Å². The van der Waals surface area contributed by atoms with Crippen LogP contribution in [0.3, 0.4) is 0 Å². The molecule has 0 bridgehead atoms. The smallest absolute Gasteiger partial charge is 0.331 e. The maximum atomic E-state index is 12.8. The van der Waals surface area contributed by atoms with E-state index in [1.807, 2.05) is 38.1 Å². The van der Waals surface area contributed by atoms with E-state index in [0.29, 0.717) is 17.8 Å². The summed E-state index contributed by atoms with van der Waals surface area (Å²) in [5.74, 6) is -1.17. The van der Waals surface area contributed by atoms with Gasteiger partial charge in [-0.2, -0.15) is 0 Å². The van der Waals surface area contributed by atoms with Crippen LogP contribution in [0, 0.1) is 13.8 Å². The molecule has 0 spiro atoms. The zero-order valence-corrected chi connectivity index (χ0v) is 13.3. The van der Waals surface area contributed by atoms with Crippen LogP contribution in [0.15, 0.2) is 30.3 Å². The number of hydrogen-bond acceptors (Lipinski definition) is 3. The number of thiophene rings is 1. The number of carbonyl (C=O) groups is 2. The molecule has 3 rings (SSSR count). The maximum absolute atomic E-state index is 12.8. The van der Waals surface area contributed by atoms with Crippen LogP contribution in [0.1, 0.15) is 37.3 Å². The second-order valence-corrected chi connectivity index (χ2v) is 6.79. The van der Waals surface area contributed by atoms with Crippen molar-refractivity contribution >= 4 is 23.2 Å². The van der Waals surface area contributed by atoms with Crippen molar-refractivity contribution in [1.82, 2.24) is 4.90 Å². The normalized spacial score (nSPS) is 17.2. The molecular weight excluding hydrogens is 298 g/mol. The van der Waals surface area contributed by atoms with E-state index in [-0.39, 0.29) is 5.91 Å². The number of aliphatic carboxylic acids is 1. The Morgan fingerprint density at radius 1 is 1.27 bits per heavy atom. The van der Waals surface area contributed by atoms with E-state index in [9.17, 15) is 14.7 Å². The number of carbonyl (C=O) groups excluding carboxylic acids is 1. The minimum Gasteiger partial charge on any atom is -0.479 e. The molecule has 5 heteroatoms. The lowest BCUT2D eigenvalue weighted by atomic mass is 9.92. The fourth-order valence-corrected chi connectivity index (χ4v) is 3.86. The number of carboxylic acids is 1. The van der Waals surface area contributed by atoms with Gasteiger partial charge in [0.25, 0.3) is 5.91 Å². The molecule has 1 amide bonds. The summed E-state index contributed by atoms with van der Waals surface area (Å²) >= 11 is 1.43. The quantitative estimate of drug-likeness (QED) is 0.926. The molecule has 4 nitrogen and oxygen atoms in total. The Morgan fingerprint density at radius 3 is 2.64 bits per heavy atom. The molecule has 0 saturated heterocycles. The second kappa shape index (κ2) is 5.57. The van der Waals surface area contributed by atoms with Gasteiger partial charge in [0.05, 0.1) is 4.88 Å². The highest BCUT2D eigenvalue weighted by molar-refractivity contribution is 7.14. The molecule has 0 radical (unpaired) electrons. The molecule has 1 aromatic carbocycles. The summed E-state index contributed by atoms with van der Waals surface area (Å²) in [5.41, 5.74) is 2.80. The van der Waals surface area contributed by atoms with Crippen molar-refractivity contribution < 1.29 is 14.7 Å². The van der Waals surface area contributed by atoms with Crippen LogP contribution in [0.25, 0.3) is 0 Å². The molecule has 2 heterocycles. The summed E-state index contributed by atoms with van der Waals surface area (Å²) in [6, 6.07) is 8.41. The van der Waals surface area contributed by atoms with E-state index in [4.69, 9.17) is 0 Å². The number of aryl methyl sites for hydroxylation is 2. The van der Waals surface area contributed by atoms with Gasteiger partial charge in [0, 0.05) is 11.4 Å². The summed E-state index contributed by atoms with van der Waals surface area (Å²) in [6.07, 6.45) is 0.690. The first-order valence-electron chi connectivity index (χ1n) is 7.17. The Hall–Kier alpha value is -2.14. The molecule has 2 aromatic rings. The topological polar surface area (TPSA) is 57.6 Å². The first-order valence-corrected chi connectivity index (χ1v) is 7.99. The predicted molar refractivity (Wildman–Crippen MR) is 85.4 cm³/mol. The van der Waals surface area contributed by atoms with Crippen LogP contribution in [0.2, 0.25) is 0 Å². The minimum absolute atomic E-state index is 0.192. The Bertz CT molecular complexity index is 731. The van der Waals surface area contributed by atoms with Gasteiger partial charge in [-0.15, -0.1) is 11.3 Å². The molecule has 1 N–H and O–H groups in total. The van der Waals surface area contributed by atoms with Gasteiger partial charge in [-0.3, -0.25) is 4.79 Å². The van der Waals surface area contributed by atoms with Crippen molar-refractivity contribution in [3.05, 3.63) is 56.8 Å². The SMILES string of the molecule is Cc1cc(C(=O)N2CCc3ccccc3C2C(=O)O)sc1C. The number of rotatable bonds is 2. The van der Waals surface area contributed by atoms with Gasteiger partial charge >= 0.3 is 5.97 Å². The number of hydrogen-bond donors (Lipinski definition) is 1. The van der Waals surface area contributed by atoms with Crippen molar-refractivity contribution in [3.8, 4) is 0 Å². The zero-order chi connectivity index (χ0) is 15.9. The first-order chi connectivity index (χ1) is 10.5. The van der Waals surface area contributed by atoms with Gasteiger partial charge in [-0.1, -0.05) is 24.3 Å². The van der Waals surface area contributed by atoms with Gasteiger partial charge in [0.2, 0.25) is 0 Å². The lowest BCUT2D eigenvalue weighted by molar-refractivity contribution is -0.143. The molecular formula is C17H17NO3S. The van der Waals surface area contributed by atoms with Crippen molar-refractivity contribution in [2.75, 3.05) is 6.54 Å². The van der Waals surface area contributed by atoms with Crippen molar-refractivity contribution in [3.63, 3.8) is 0 Å². The molecule has 1 aliphatic heterocycles. The van der Waals surface area contributed by atoms with E-state index in [1.54, 1.807) is 6.07 Å². The Labute approximate surface area is 133 Å². The Balaban J connectivity index is 2.00. The van der Waals surface area contributed by atoms with Crippen LogP contribution >= 0.6 is 11.3 Å². The van der Waals surface area contributed by atoms with Crippen molar-refractivity contribution in [1.29, 1.82) is 0 Å². The highest BCUT2D eigenvalue weighted by Gasteiger charge is 2.36. The summed E-state index contributed by atoms with van der Waals surface area (Å²) in [7, 11) is 0. The average Bonchev–Trinajstić information content (AvgIpc) is 2.84. The number of nitrogens with zero attached hydrogens (tertiary/aromatic N) is 1. The minimum atomic E-state index is -0.981. The Kier molecular flexibility index (Phi) is 3.74. The largest absolute Gasteiger partial charge is 0.479 e. The number of amides is 1. The molecule has 22 heavy (non-hydrogen) atoms. The maximum Gasteiger partial charge on any atom is 0.331 e. The lowest BCUT2D eigenvalue weighted by Gasteiger charge is -2.34. The van der Waals surface area contributed by atoms with Gasteiger partial charge in [0.15, 0.2) is 6.04 Å². The molecule has 0 aliphatic carbocycles. The number of fused-ring (bicyclic) bond motifs is 1. The summed E-state index contributed by atoms with van der Waals surface area (Å²) in [6.45, 7) is 4.36. The molecule has 0 fully saturated rings. The summed E-state index contributed by atoms with van der Waals surface area (Å²) in [5, 5.41) is 9.62. The van der Waals surface area contributed by atoms with E-state index < -0.39 is 12.0 Å². The molecule has 1 unspecified atom stereocenters. The van der Waals surface area contributed by atoms with Crippen LogP contribution < -0.4 is 0 Å². The van der Waals surface area contributed by atoms with Crippen LogP contribution in [0.4, 0.5) is 0 Å². The monoisotopic (exact) mass is 315 g/mol. The zero-order valence-electron chi connectivity index (χ0n) is 12.5. The fourth-order valence-electron chi connectivity index (χ4n) is 2.87. The third-order valence-corrected chi connectivity index (χ3v) is 5.30.